The van der Waals surface area contributed by atoms with Gasteiger partial charge in [-0.1, -0.05) is 0 Å². The van der Waals surface area contributed by atoms with Crippen LogP contribution in [0.5, 0.6) is 0 Å². The summed E-state index contributed by atoms with van der Waals surface area (Å²) in [5.41, 5.74) is 7.35. The first-order valence-corrected chi connectivity index (χ1v) is 5.15. The Kier molecular flexibility index (Phi) is 2.84. The maximum absolute atomic E-state index is 8.86. The van der Waals surface area contributed by atoms with E-state index in [1.807, 2.05) is 0 Å². The standard InChI is InChI=1S/C11H14N4/c12-5-9-3-4-14-7-11(9)15-6-10(13)8-1-2-8/h3-4,7-8,10,15H,1-2,6,13H2. The van der Waals surface area contributed by atoms with Gasteiger partial charge in [0.05, 0.1) is 17.4 Å². The summed E-state index contributed by atoms with van der Waals surface area (Å²) < 4.78 is 0. The average Bonchev–Trinajstić information content (AvgIpc) is 3.10. The number of aromatic nitrogens is 1. The number of nitrogens with one attached hydrogen (secondary N) is 1. The van der Waals surface area contributed by atoms with Crippen molar-refractivity contribution in [3.05, 3.63) is 24.0 Å². The van der Waals surface area contributed by atoms with Crippen molar-refractivity contribution >= 4 is 5.69 Å². The van der Waals surface area contributed by atoms with E-state index < -0.39 is 0 Å². The lowest BCUT2D eigenvalue weighted by Crippen LogP contribution is -2.31. The van der Waals surface area contributed by atoms with Gasteiger partial charge < -0.3 is 11.1 Å². The second-order valence-electron chi connectivity index (χ2n) is 3.92. The van der Waals surface area contributed by atoms with Gasteiger partial charge in [0.25, 0.3) is 0 Å². The summed E-state index contributed by atoms with van der Waals surface area (Å²) >= 11 is 0. The lowest BCUT2D eigenvalue weighted by Gasteiger charge is -2.12. The van der Waals surface area contributed by atoms with Crippen molar-refractivity contribution in [3.63, 3.8) is 0 Å². The van der Waals surface area contributed by atoms with E-state index in [-0.39, 0.29) is 6.04 Å². The molecule has 1 fully saturated rings. The summed E-state index contributed by atoms with van der Waals surface area (Å²) in [5.74, 6) is 0.666. The Hall–Kier alpha value is -1.60. The smallest absolute Gasteiger partial charge is 0.101 e. The minimum absolute atomic E-state index is 0.191. The largest absolute Gasteiger partial charge is 0.381 e. The number of nitrogens with zero attached hydrogens (tertiary/aromatic N) is 2. The molecule has 2 rings (SSSR count). The molecule has 1 aliphatic carbocycles. The molecule has 1 saturated carbocycles. The van der Waals surface area contributed by atoms with Gasteiger partial charge in [-0.05, 0) is 24.8 Å². The van der Waals surface area contributed by atoms with Crippen LogP contribution < -0.4 is 11.1 Å². The Labute approximate surface area is 89.1 Å². The molecule has 0 spiro atoms. The average molecular weight is 202 g/mol. The van der Waals surface area contributed by atoms with Crippen LogP contribution in [0.4, 0.5) is 5.69 Å². The lowest BCUT2D eigenvalue weighted by atomic mass is 10.2. The van der Waals surface area contributed by atoms with Crippen LogP contribution in [0, 0.1) is 17.2 Å². The normalized spacial score (nSPS) is 16.8. The van der Waals surface area contributed by atoms with E-state index in [9.17, 15) is 0 Å². The Bertz CT molecular complexity index is 378. The van der Waals surface area contributed by atoms with E-state index >= 15 is 0 Å². The van der Waals surface area contributed by atoms with Crippen molar-refractivity contribution in [1.82, 2.24) is 4.98 Å². The summed E-state index contributed by atoms with van der Waals surface area (Å²) in [6, 6.07) is 4.01. The van der Waals surface area contributed by atoms with Crippen molar-refractivity contribution in [3.8, 4) is 6.07 Å². The quantitative estimate of drug-likeness (QED) is 0.766. The highest BCUT2D eigenvalue weighted by Gasteiger charge is 2.28. The van der Waals surface area contributed by atoms with Crippen LogP contribution in [0.25, 0.3) is 0 Å². The molecule has 1 unspecified atom stereocenters. The van der Waals surface area contributed by atoms with Crippen LogP contribution >= 0.6 is 0 Å². The zero-order valence-corrected chi connectivity index (χ0v) is 8.48. The van der Waals surface area contributed by atoms with Gasteiger partial charge in [0.1, 0.15) is 6.07 Å². The van der Waals surface area contributed by atoms with Crippen LogP contribution in [-0.2, 0) is 0 Å². The highest BCUT2D eigenvalue weighted by atomic mass is 14.9. The van der Waals surface area contributed by atoms with E-state index in [4.69, 9.17) is 11.0 Å². The van der Waals surface area contributed by atoms with Crippen molar-refractivity contribution in [2.45, 2.75) is 18.9 Å². The molecule has 1 aliphatic rings. The summed E-state index contributed by atoms with van der Waals surface area (Å²) in [4.78, 5) is 3.98. The minimum atomic E-state index is 0.191. The molecule has 4 heteroatoms. The maximum Gasteiger partial charge on any atom is 0.101 e. The molecule has 15 heavy (non-hydrogen) atoms. The second-order valence-corrected chi connectivity index (χ2v) is 3.92. The van der Waals surface area contributed by atoms with Crippen molar-refractivity contribution in [2.75, 3.05) is 11.9 Å². The molecule has 0 radical (unpaired) electrons. The highest BCUT2D eigenvalue weighted by molar-refractivity contribution is 5.55. The number of pyridine rings is 1. The van der Waals surface area contributed by atoms with Crippen molar-refractivity contribution in [2.24, 2.45) is 11.7 Å². The molecule has 0 aromatic carbocycles. The minimum Gasteiger partial charge on any atom is -0.381 e. The third kappa shape index (κ3) is 2.45. The zero-order chi connectivity index (χ0) is 10.7. The first-order valence-electron chi connectivity index (χ1n) is 5.15. The van der Waals surface area contributed by atoms with Crippen molar-refractivity contribution < 1.29 is 0 Å². The summed E-state index contributed by atoms with van der Waals surface area (Å²) in [7, 11) is 0. The van der Waals surface area contributed by atoms with Crippen LogP contribution in [0.3, 0.4) is 0 Å². The van der Waals surface area contributed by atoms with E-state index in [1.54, 1.807) is 18.5 Å². The molecule has 0 saturated heterocycles. The molecule has 4 nitrogen and oxygen atoms in total. The fourth-order valence-corrected chi connectivity index (χ4v) is 1.55. The van der Waals surface area contributed by atoms with Crippen LogP contribution in [0.15, 0.2) is 18.5 Å². The number of anilines is 1. The van der Waals surface area contributed by atoms with Gasteiger partial charge in [-0.15, -0.1) is 0 Å². The van der Waals surface area contributed by atoms with Crippen LogP contribution in [-0.4, -0.2) is 17.6 Å². The number of rotatable bonds is 4. The molecule has 1 heterocycles. The number of hydrogen-bond donors (Lipinski definition) is 2. The third-order valence-corrected chi connectivity index (χ3v) is 2.70. The molecule has 0 aliphatic heterocycles. The van der Waals surface area contributed by atoms with E-state index in [0.29, 0.717) is 18.0 Å². The fraction of sp³-hybridized carbons (Fsp3) is 0.455. The second kappa shape index (κ2) is 4.28. The van der Waals surface area contributed by atoms with Crippen LogP contribution in [0.1, 0.15) is 18.4 Å². The SMILES string of the molecule is N#Cc1ccncc1NCC(N)C1CC1. The topological polar surface area (TPSA) is 74.7 Å². The van der Waals surface area contributed by atoms with Gasteiger partial charge in [-0.25, -0.2) is 0 Å². The molecule has 0 bridgehead atoms. The molecule has 1 atom stereocenters. The van der Waals surface area contributed by atoms with Gasteiger partial charge in [0.2, 0.25) is 0 Å². The summed E-state index contributed by atoms with van der Waals surface area (Å²) in [6.07, 6.45) is 5.75. The van der Waals surface area contributed by atoms with Gasteiger partial charge in [0.15, 0.2) is 0 Å². The predicted octanol–water partition coefficient (Wildman–Crippen LogP) is 1.10. The van der Waals surface area contributed by atoms with E-state index in [1.165, 1.54) is 12.8 Å². The third-order valence-electron chi connectivity index (χ3n) is 2.70. The maximum atomic E-state index is 8.86. The predicted molar refractivity (Wildman–Crippen MR) is 58.1 cm³/mol. The number of nitrogens with two attached hydrogens (primary N) is 1. The molecule has 3 N–H and O–H groups in total. The van der Waals surface area contributed by atoms with Gasteiger partial charge in [-0.3, -0.25) is 4.98 Å². The Morgan fingerprint density at radius 2 is 2.47 bits per heavy atom. The van der Waals surface area contributed by atoms with E-state index in [2.05, 4.69) is 16.4 Å². The Balaban J connectivity index is 1.95. The molecule has 0 amide bonds. The first-order chi connectivity index (χ1) is 7.31. The molecular formula is C11H14N4. The Morgan fingerprint density at radius 3 is 3.13 bits per heavy atom. The zero-order valence-electron chi connectivity index (χ0n) is 8.48. The number of nitriles is 1. The van der Waals surface area contributed by atoms with E-state index in [0.717, 1.165) is 5.69 Å². The molecule has 1 aromatic heterocycles. The fourth-order valence-electron chi connectivity index (χ4n) is 1.55. The van der Waals surface area contributed by atoms with Crippen LogP contribution in [0.2, 0.25) is 0 Å². The van der Waals surface area contributed by atoms with Gasteiger partial charge in [0, 0.05) is 18.8 Å². The van der Waals surface area contributed by atoms with Gasteiger partial charge in [-0.2, -0.15) is 5.26 Å². The summed E-state index contributed by atoms with van der Waals surface area (Å²) in [5, 5.41) is 12.0. The Morgan fingerprint density at radius 1 is 1.67 bits per heavy atom. The lowest BCUT2D eigenvalue weighted by molar-refractivity contribution is 0.621. The molecular weight excluding hydrogens is 188 g/mol. The van der Waals surface area contributed by atoms with Gasteiger partial charge >= 0.3 is 0 Å². The molecule has 78 valence electrons. The molecule has 1 aromatic rings. The van der Waals surface area contributed by atoms with Crippen molar-refractivity contribution in [1.29, 1.82) is 5.26 Å². The first kappa shape index (κ1) is 9.94. The highest BCUT2D eigenvalue weighted by Crippen LogP contribution is 2.31. The summed E-state index contributed by atoms with van der Waals surface area (Å²) in [6.45, 7) is 0.713. The number of hydrogen-bond acceptors (Lipinski definition) is 4. The monoisotopic (exact) mass is 202 g/mol.